The van der Waals surface area contributed by atoms with E-state index in [-0.39, 0.29) is 0 Å². The molecule has 1 unspecified atom stereocenters. The lowest BCUT2D eigenvalue weighted by molar-refractivity contribution is 0.416. The highest BCUT2D eigenvalue weighted by Crippen LogP contribution is 2.23. The van der Waals surface area contributed by atoms with Gasteiger partial charge in [0.2, 0.25) is 0 Å². The molecule has 0 aliphatic carbocycles. The lowest BCUT2D eigenvalue weighted by Gasteiger charge is -2.22. The summed E-state index contributed by atoms with van der Waals surface area (Å²) in [6.45, 7) is 9.07. The summed E-state index contributed by atoms with van der Waals surface area (Å²) >= 11 is 3.61. The van der Waals surface area contributed by atoms with Crippen LogP contribution in [0.15, 0.2) is 28.7 Å². The van der Waals surface area contributed by atoms with Crippen molar-refractivity contribution in [3.05, 3.63) is 34.3 Å². The van der Waals surface area contributed by atoms with Crippen molar-refractivity contribution in [3.63, 3.8) is 0 Å². The molecule has 0 spiro atoms. The Balaban J connectivity index is 2.49. The van der Waals surface area contributed by atoms with Crippen LogP contribution in [0.4, 0.5) is 0 Å². The molecule has 2 atom stereocenters. The van der Waals surface area contributed by atoms with Crippen molar-refractivity contribution >= 4 is 15.9 Å². The first kappa shape index (κ1) is 14.7. The predicted molar refractivity (Wildman–Crippen MR) is 79.2 cm³/mol. The van der Waals surface area contributed by atoms with E-state index in [0.717, 1.165) is 5.92 Å². The molecule has 17 heavy (non-hydrogen) atoms. The molecule has 0 radical (unpaired) electrons. The first-order valence-corrected chi connectivity index (χ1v) is 7.30. The molecule has 0 amide bonds. The molecule has 96 valence electrons. The lowest BCUT2D eigenvalue weighted by Crippen LogP contribution is -2.29. The van der Waals surface area contributed by atoms with Crippen LogP contribution in [0.1, 0.15) is 52.1 Å². The second-order valence-corrected chi connectivity index (χ2v) is 6.14. The zero-order valence-corrected chi connectivity index (χ0v) is 12.9. The number of rotatable bonds is 6. The molecule has 1 aromatic rings. The Labute approximate surface area is 114 Å². The fourth-order valence-electron chi connectivity index (χ4n) is 2.01. The topological polar surface area (TPSA) is 12.0 Å². The van der Waals surface area contributed by atoms with Gasteiger partial charge in [-0.1, -0.05) is 48.0 Å². The smallest absolute Gasteiger partial charge is 0.0305 e. The van der Waals surface area contributed by atoms with Crippen molar-refractivity contribution in [2.45, 2.75) is 52.6 Å². The first-order valence-electron chi connectivity index (χ1n) is 6.51. The molecule has 0 saturated carbocycles. The molecule has 1 rings (SSSR count). The first-order chi connectivity index (χ1) is 8.00. The summed E-state index contributed by atoms with van der Waals surface area (Å²) in [4.78, 5) is 0. The summed E-state index contributed by atoms with van der Waals surface area (Å²) in [5.74, 6) is 0.790. The van der Waals surface area contributed by atoms with Gasteiger partial charge in [-0.15, -0.1) is 0 Å². The van der Waals surface area contributed by atoms with Gasteiger partial charge in [-0.2, -0.15) is 0 Å². The Hall–Kier alpha value is -0.340. The van der Waals surface area contributed by atoms with Gasteiger partial charge in [0.25, 0.3) is 0 Å². The molecule has 2 heteroatoms. The quantitative estimate of drug-likeness (QED) is 0.785. The van der Waals surface area contributed by atoms with E-state index in [1.54, 1.807) is 0 Å². The summed E-state index contributed by atoms with van der Waals surface area (Å²) in [6.07, 6.45) is 2.53. The van der Waals surface area contributed by atoms with Gasteiger partial charge in [0.15, 0.2) is 0 Å². The van der Waals surface area contributed by atoms with Crippen LogP contribution in [0, 0.1) is 5.92 Å². The molecular weight excluding hydrogens is 274 g/mol. The summed E-state index contributed by atoms with van der Waals surface area (Å²) in [5.41, 5.74) is 1.34. The Bertz CT molecular complexity index is 335. The average Bonchev–Trinajstić information content (AvgIpc) is 2.26. The number of halogens is 1. The molecular formula is C15H24BrN. The Morgan fingerprint density at radius 3 is 2.29 bits per heavy atom. The molecule has 0 bridgehead atoms. The SMILES string of the molecule is CC(C)CCC(C)N[C@@H](C)c1ccccc1Br. The third kappa shape index (κ3) is 5.22. The molecule has 0 aliphatic rings. The lowest BCUT2D eigenvalue weighted by atomic mass is 10.0. The van der Waals surface area contributed by atoms with E-state index in [1.165, 1.54) is 22.9 Å². The van der Waals surface area contributed by atoms with Crippen molar-refractivity contribution in [1.82, 2.24) is 5.32 Å². The Kier molecular flexibility index (Phi) is 6.21. The molecule has 1 aromatic carbocycles. The van der Waals surface area contributed by atoms with Gasteiger partial charge in [-0.05, 0) is 44.2 Å². The van der Waals surface area contributed by atoms with E-state index in [1.807, 2.05) is 0 Å². The van der Waals surface area contributed by atoms with E-state index < -0.39 is 0 Å². The normalized spacial score (nSPS) is 14.9. The Morgan fingerprint density at radius 1 is 1.06 bits per heavy atom. The van der Waals surface area contributed by atoms with Gasteiger partial charge in [0.05, 0.1) is 0 Å². The second-order valence-electron chi connectivity index (χ2n) is 5.28. The van der Waals surface area contributed by atoms with Crippen molar-refractivity contribution in [1.29, 1.82) is 0 Å². The van der Waals surface area contributed by atoms with Crippen LogP contribution in [-0.2, 0) is 0 Å². The van der Waals surface area contributed by atoms with Crippen LogP contribution in [0.25, 0.3) is 0 Å². The van der Waals surface area contributed by atoms with Gasteiger partial charge in [0.1, 0.15) is 0 Å². The Morgan fingerprint density at radius 2 is 1.71 bits per heavy atom. The van der Waals surface area contributed by atoms with Gasteiger partial charge < -0.3 is 5.32 Å². The van der Waals surface area contributed by atoms with Crippen LogP contribution in [0.5, 0.6) is 0 Å². The minimum Gasteiger partial charge on any atom is -0.308 e. The van der Waals surface area contributed by atoms with Crippen LogP contribution in [0.3, 0.4) is 0 Å². The summed E-state index contributed by atoms with van der Waals surface area (Å²) < 4.78 is 1.19. The molecule has 0 heterocycles. The third-order valence-electron chi connectivity index (χ3n) is 3.08. The zero-order valence-electron chi connectivity index (χ0n) is 11.3. The molecule has 0 aromatic heterocycles. The van der Waals surface area contributed by atoms with Crippen molar-refractivity contribution in [2.75, 3.05) is 0 Å². The highest BCUT2D eigenvalue weighted by molar-refractivity contribution is 9.10. The fourth-order valence-corrected chi connectivity index (χ4v) is 2.64. The maximum Gasteiger partial charge on any atom is 0.0305 e. The number of nitrogens with one attached hydrogen (secondary N) is 1. The molecule has 1 nitrogen and oxygen atoms in total. The second kappa shape index (κ2) is 7.17. The van der Waals surface area contributed by atoms with E-state index in [9.17, 15) is 0 Å². The van der Waals surface area contributed by atoms with Gasteiger partial charge >= 0.3 is 0 Å². The number of hydrogen-bond donors (Lipinski definition) is 1. The fraction of sp³-hybridized carbons (Fsp3) is 0.600. The van der Waals surface area contributed by atoms with E-state index >= 15 is 0 Å². The minimum atomic E-state index is 0.396. The third-order valence-corrected chi connectivity index (χ3v) is 3.81. The average molecular weight is 298 g/mol. The van der Waals surface area contributed by atoms with Crippen molar-refractivity contribution < 1.29 is 0 Å². The minimum absolute atomic E-state index is 0.396. The number of benzene rings is 1. The number of hydrogen-bond acceptors (Lipinski definition) is 1. The summed E-state index contributed by atoms with van der Waals surface area (Å²) in [7, 11) is 0. The summed E-state index contributed by atoms with van der Waals surface area (Å²) in [5, 5.41) is 3.66. The largest absolute Gasteiger partial charge is 0.308 e. The van der Waals surface area contributed by atoms with Gasteiger partial charge in [-0.25, -0.2) is 0 Å². The molecule has 0 fully saturated rings. The summed E-state index contributed by atoms with van der Waals surface area (Å²) in [6, 6.07) is 9.40. The van der Waals surface area contributed by atoms with E-state index in [0.29, 0.717) is 12.1 Å². The molecule has 0 saturated heterocycles. The predicted octanol–water partition coefficient (Wildman–Crippen LogP) is 4.92. The monoisotopic (exact) mass is 297 g/mol. The highest BCUT2D eigenvalue weighted by atomic mass is 79.9. The molecule has 0 aliphatic heterocycles. The van der Waals surface area contributed by atoms with E-state index in [4.69, 9.17) is 0 Å². The van der Waals surface area contributed by atoms with Crippen molar-refractivity contribution in [2.24, 2.45) is 5.92 Å². The highest BCUT2D eigenvalue weighted by Gasteiger charge is 2.11. The maximum atomic E-state index is 3.66. The van der Waals surface area contributed by atoms with E-state index in [2.05, 4.69) is 73.2 Å². The van der Waals surface area contributed by atoms with Gasteiger partial charge in [0, 0.05) is 16.6 Å². The standard InChI is InChI=1S/C15H24BrN/c1-11(2)9-10-12(3)17-13(4)14-7-5-6-8-15(14)16/h5-8,11-13,17H,9-10H2,1-4H3/t12?,13-/m0/s1. The van der Waals surface area contributed by atoms with Crippen LogP contribution in [-0.4, -0.2) is 6.04 Å². The zero-order chi connectivity index (χ0) is 12.8. The van der Waals surface area contributed by atoms with Crippen LogP contribution in [0.2, 0.25) is 0 Å². The van der Waals surface area contributed by atoms with Crippen LogP contribution < -0.4 is 5.32 Å². The van der Waals surface area contributed by atoms with Crippen molar-refractivity contribution in [3.8, 4) is 0 Å². The maximum absolute atomic E-state index is 3.66. The molecule has 1 N–H and O–H groups in total. The van der Waals surface area contributed by atoms with Crippen LogP contribution >= 0.6 is 15.9 Å². The van der Waals surface area contributed by atoms with Gasteiger partial charge in [-0.3, -0.25) is 0 Å².